The molecule has 0 radical (unpaired) electrons. The number of carbonyl (C=O) groups is 2. The van der Waals surface area contributed by atoms with Gasteiger partial charge in [0.05, 0.1) is 12.8 Å². The third kappa shape index (κ3) is 5.42. The fraction of sp³-hybridized carbons (Fsp3) is 0.125. The summed E-state index contributed by atoms with van der Waals surface area (Å²) in [4.78, 5) is 36.8. The molecule has 9 heteroatoms. The van der Waals surface area contributed by atoms with Crippen LogP contribution in [0, 0.1) is 6.92 Å². The summed E-state index contributed by atoms with van der Waals surface area (Å²) in [7, 11) is 0. The maximum absolute atomic E-state index is 12.3. The molecule has 1 N–H and O–H groups in total. The van der Waals surface area contributed by atoms with Crippen LogP contribution in [0.2, 0.25) is 5.02 Å². The molecule has 4 aromatic rings. The van der Waals surface area contributed by atoms with Crippen molar-refractivity contribution in [2.45, 2.75) is 13.5 Å². The zero-order valence-electron chi connectivity index (χ0n) is 17.4. The molecule has 0 saturated carbocycles. The van der Waals surface area contributed by atoms with Crippen LogP contribution in [0.1, 0.15) is 21.7 Å². The highest BCUT2D eigenvalue weighted by Crippen LogP contribution is 2.23. The summed E-state index contributed by atoms with van der Waals surface area (Å²) in [5.41, 5.74) is -0.0101. The number of rotatable bonds is 7. The fourth-order valence-corrected chi connectivity index (χ4v) is 3.29. The maximum Gasteiger partial charge on any atom is 0.349 e. The number of hydrogen-bond acceptors (Lipinski definition) is 7. The smallest absolute Gasteiger partial charge is 0.349 e. The van der Waals surface area contributed by atoms with Crippen LogP contribution in [0.4, 0.5) is 0 Å². The van der Waals surface area contributed by atoms with Crippen LogP contribution in [0.25, 0.3) is 11.0 Å². The van der Waals surface area contributed by atoms with Gasteiger partial charge in [0, 0.05) is 16.5 Å². The average Bonchev–Trinajstić information content (AvgIpc) is 3.30. The van der Waals surface area contributed by atoms with Crippen LogP contribution in [0.15, 0.2) is 74.5 Å². The van der Waals surface area contributed by atoms with Gasteiger partial charge < -0.3 is 23.6 Å². The van der Waals surface area contributed by atoms with Gasteiger partial charge in [-0.1, -0.05) is 11.6 Å². The van der Waals surface area contributed by atoms with Crippen molar-refractivity contribution in [1.82, 2.24) is 5.32 Å². The van der Waals surface area contributed by atoms with Crippen molar-refractivity contribution in [2.75, 3.05) is 6.61 Å². The first-order valence-electron chi connectivity index (χ1n) is 9.87. The number of amides is 1. The minimum absolute atomic E-state index is 0.135. The summed E-state index contributed by atoms with van der Waals surface area (Å²) in [5.74, 6) is 0.00293. The molecule has 2 heterocycles. The molecule has 0 aliphatic heterocycles. The number of carbonyl (C=O) groups excluding carboxylic acids is 2. The summed E-state index contributed by atoms with van der Waals surface area (Å²) < 4.78 is 21.1. The van der Waals surface area contributed by atoms with Crippen molar-refractivity contribution in [2.24, 2.45) is 0 Å². The van der Waals surface area contributed by atoms with E-state index in [9.17, 15) is 14.4 Å². The molecule has 2 aromatic heterocycles. The number of fused-ring (bicyclic) bond motifs is 1. The second kappa shape index (κ2) is 9.62. The lowest BCUT2D eigenvalue weighted by Gasteiger charge is -2.09. The Morgan fingerprint density at radius 1 is 1.09 bits per heavy atom. The van der Waals surface area contributed by atoms with Gasteiger partial charge in [-0.3, -0.25) is 4.79 Å². The van der Waals surface area contributed by atoms with Crippen LogP contribution >= 0.6 is 11.6 Å². The van der Waals surface area contributed by atoms with Gasteiger partial charge in [-0.05, 0) is 61.0 Å². The van der Waals surface area contributed by atoms with E-state index in [1.54, 1.807) is 36.4 Å². The van der Waals surface area contributed by atoms with E-state index in [0.717, 1.165) is 5.56 Å². The molecule has 1 amide bonds. The number of aryl methyl sites for hydroxylation is 1. The fourth-order valence-electron chi connectivity index (χ4n) is 3.06. The Morgan fingerprint density at radius 3 is 2.70 bits per heavy atom. The van der Waals surface area contributed by atoms with E-state index in [0.29, 0.717) is 21.9 Å². The Morgan fingerprint density at radius 2 is 1.94 bits per heavy atom. The maximum atomic E-state index is 12.3. The van der Waals surface area contributed by atoms with Crippen molar-refractivity contribution in [1.29, 1.82) is 0 Å². The summed E-state index contributed by atoms with van der Waals surface area (Å²) in [5, 5.41) is 3.65. The third-order valence-corrected chi connectivity index (χ3v) is 4.90. The van der Waals surface area contributed by atoms with Gasteiger partial charge >= 0.3 is 11.6 Å². The molecule has 4 rings (SSSR count). The second-order valence-electron chi connectivity index (χ2n) is 7.08. The molecular formula is C24H18ClNO7. The largest absolute Gasteiger partial charge is 0.482 e. The minimum atomic E-state index is -0.815. The number of halogens is 1. The van der Waals surface area contributed by atoms with Crippen LogP contribution in [0.5, 0.6) is 11.5 Å². The molecular weight excluding hydrogens is 450 g/mol. The molecule has 0 spiro atoms. The van der Waals surface area contributed by atoms with Gasteiger partial charge in [0.2, 0.25) is 0 Å². The first-order valence-corrected chi connectivity index (χ1v) is 10.2. The number of furan rings is 1. The first-order chi connectivity index (χ1) is 15.9. The Bertz CT molecular complexity index is 1380. The Kier molecular flexibility index (Phi) is 6.46. The topological polar surface area (TPSA) is 108 Å². The van der Waals surface area contributed by atoms with E-state index in [2.05, 4.69) is 5.32 Å². The van der Waals surface area contributed by atoms with Crippen molar-refractivity contribution in [3.8, 4) is 11.5 Å². The summed E-state index contributed by atoms with van der Waals surface area (Å²) in [6.07, 6.45) is 1.49. The van der Waals surface area contributed by atoms with Gasteiger partial charge in [-0.2, -0.15) is 0 Å². The lowest BCUT2D eigenvalue weighted by Crippen LogP contribution is -2.27. The molecule has 0 saturated heterocycles. The quantitative estimate of drug-likeness (QED) is 0.246. The Labute approximate surface area is 192 Å². The number of nitrogens with one attached hydrogen (secondary N) is 1. The molecule has 0 bridgehead atoms. The third-order valence-electron chi connectivity index (χ3n) is 4.67. The molecule has 33 heavy (non-hydrogen) atoms. The second-order valence-corrected chi connectivity index (χ2v) is 7.52. The van der Waals surface area contributed by atoms with Gasteiger partial charge in [0.15, 0.2) is 6.61 Å². The van der Waals surface area contributed by atoms with Crippen LogP contribution < -0.4 is 20.4 Å². The summed E-state index contributed by atoms with van der Waals surface area (Å²) in [6, 6.07) is 14.4. The standard InChI is InChI=1S/C24H18ClNO7/c1-14-9-16(25)5-7-20(14)31-13-22(27)32-17-6-4-15-10-19(24(29)33-21(15)11-17)23(28)26-12-18-3-2-8-30-18/h2-11H,12-13H2,1H3,(H,26,28). The minimum Gasteiger partial charge on any atom is -0.482 e. The van der Waals surface area contributed by atoms with E-state index in [4.69, 9.17) is 29.9 Å². The highest BCUT2D eigenvalue weighted by atomic mass is 35.5. The van der Waals surface area contributed by atoms with Crippen molar-refractivity contribution < 1.29 is 27.9 Å². The molecule has 0 unspecified atom stereocenters. The molecule has 0 atom stereocenters. The van der Waals surface area contributed by atoms with Crippen molar-refractivity contribution in [3.63, 3.8) is 0 Å². The van der Waals surface area contributed by atoms with E-state index < -0.39 is 17.5 Å². The van der Waals surface area contributed by atoms with Crippen LogP contribution in [0.3, 0.4) is 0 Å². The zero-order chi connectivity index (χ0) is 23.4. The molecule has 0 aliphatic rings. The van der Waals surface area contributed by atoms with Gasteiger partial charge in [0.1, 0.15) is 28.4 Å². The van der Waals surface area contributed by atoms with Crippen LogP contribution in [-0.4, -0.2) is 18.5 Å². The summed E-state index contributed by atoms with van der Waals surface area (Å²) >= 11 is 5.91. The molecule has 168 valence electrons. The Balaban J connectivity index is 1.42. The van der Waals surface area contributed by atoms with Crippen molar-refractivity contribution in [3.05, 3.63) is 93.2 Å². The van der Waals surface area contributed by atoms with E-state index >= 15 is 0 Å². The highest BCUT2D eigenvalue weighted by molar-refractivity contribution is 6.30. The predicted octanol–water partition coefficient (Wildman–Crippen LogP) is 4.26. The molecule has 2 aromatic carbocycles. The van der Waals surface area contributed by atoms with E-state index in [1.165, 1.54) is 24.5 Å². The van der Waals surface area contributed by atoms with Gasteiger partial charge in [-0.15, -0.1) is 0 Å². The average molecular weight is 468 g/mol. The summed E-state index contributed by atoms with van der Waals surface area (Å²) in [6.45, 7) is 1.62. The molecule has 0 aliphatic carbocycles. The zero-order valence-corrected chi connectivity index (χ0v) is 18.2. The lowest BCUT2D eigenvalue weighted by molar-refractivity contribution is -0.136. The Hall–Kier alpha value is -4.04. The highest BCUT2D eigenvalue weighted by Gasteiger charge is 2.15. The van der Waals surface area contributed by atoms with Crippen molar-refractivity contribution >= 4 is 34.4 Å². The molecule has 8 nitrogen and oxygen atoms in total. The van der Waals surface area contributed by atoms with Gasteiger partial charge in [0.25, 0.3) is 5.91 Å². The number of esters is 1. The predicted molar refractivity (Wildman–Crippen MR) is 120 cm³/mol. The van der Waals surface area contributed by atoms with Gasteiger partial charge in [-0.25, -0.2) is 9.59 Å². The number of ether oxygens (including phenoxy) is 2. The normalized spacial score (nSPS) is 10.7. The SMILES string of the molecule is Cc1cc(Cl)ccc1OCC(=O)Oc1ccc2cc(C(=O)NCc3ccco3)c(=O)oc2c1. The van der Waals surface area contributed by atoms with Crippen LogP contribution in [-0.2, 0) is 11.3 Å². The number of benzene rings is 2. The number of hydrogen-bond donors (Lipinski definition) is 1. The monoisotopic (exact) mass is 467 g/mol. The van der Waals surface area contributed by atoms with E-state index in [1.807, 2.05) is 6.92 Å². The lowest BCUT2D eigenvalue weighted by atomic mass is 10.1. The molecule has 0 fully saturated rings. The van der Waals surface area contributed by atoms with E-state index in [-0.39, 0.29) is 30.0 Å². The first kappa shape index (κ1) is 22.2.